The lowest BCUT2D eigenvalue weighted by Gasteiger charge is -2.30. The van der Waals surface area contributed by atoms with E-state index in [1.54, 1.807) is 0 Å². The standard InChI is InChI=1S/C17H25NO3S/c1-14-4-6-15(7-5-14)11-18(12-17-3-2-9-21-17)16-8-10-22(19,20)13-16/h4-7,16-17H,2-3,8-13H2,1H3/t16-,17+/m0/s1. The van der Waals surface area contributed by atoms with Crippen molar-refractivity contribution in [3.63, 3.8) is 0 Å². The monoisotopic (exact) mass is 323 g/mol. The average molecular weight is 323 g/mol. The van der Waals surface area contributed by atoms with Crippen LogP contribution in [0.25, 0.3) is 0 Å². The van der Waals surface area contributed by atoms with Crippen molar-refractivity contribution in [1.29, 1.82) is 0 Å². The van der Waals surface area contributed by atoms with Crippen LogP contribution in [-0.2, 0) is 21.1 Å². The fraction of sp³-hybridized carbons (Fsp3) is 0.647. The average Bonchev–Trinajstić information content (AvgIpc) is 3.10. The van der Waals surface area contributed by atoms with Crippen LogP contribution >= 0.6 is 0 Å². The maximum atomic E-state index is 11.8. The first-order valence-electron chi connectivity index (χ1n) is 8.13. The predicted molar refractivity (Wildman–Crippen MR) is 87.6 cm³/mol. The molecule has 5 heteroatoms. The van der Waals surface area contributed by atoms with E-state index in [2.05, 4.69) is 36.1 Å². The minimum Gasteiger partial charge on any atom is -0.377 e. The summed E-state index contributed by atoms with van der Waals surface area (Å²) in [5, 5.41) is 0. The smallest absolute Gasteiger partial charge is 0.151 e. The van der Waals surface area contributed by atoms with Gasteiger partial charge in [-0.25, -0.2) is 8.42 Å². The highest BCUT2D eigenvalue weighted by Gasteiger charge is 2.33. The molecule has 0 aromatic heterocycles. The predicted octanol–water partition coefficient (Wildman–Crippen LogP) is 2.16. The summed E-state index contributed by atoms with van der Waals surface area (Å²) in [6.45, 7) is 4.57. The summed E-state index contributed by atoms with van der Waals surface area (Å²) in [6.07, 6.45) is 3.21. The highest BCUT2D eigenvalue weighted by molar-refractivity contribution is 7.91. The lowest BCUT2D eigenvalue weighted by molar-refractivity contribution is 0.0574. The second-order valence-corrected chi connectivity index (χ2v) is 8.84. The zero-order chi connectivity index (χ0) is 15.6. The third-order valence-electron chi connectivity index (χ3n) is 4.69. The van der Waals surface area contributed by atoms with Gasteiger partial charge in [0.2, 0.25) is 0 Å². The van der Waals surface area contributed by atoms with Gasteiger partial charge in [0.25, 0.3) is 0 Å². The molecule has 0 N–H and O–H groups in total. The Kier molecular flexibility index (Phi) is 4.85. The quantitative estimate of drug-likeness (QED) is 0.833. The van der Waals surface area contributed by atoms with Crippen molar-refractivity contribution in [2.24, 2.45) is 0 Å². The molecule has 2 aliphatic heterocycles. The second-order valence-electron chi connectivity index (χ2n) is 6.61. The first-order valence-corrected chi connectivity index (χ1v) is 9.95. The molecule has 0 spiro atoms. The van der Waals surface area contributed by atoms with Gasteiger partial charge in [0.05, 0.1) is 17.6 Å². The maximum absolute atomic E-state index is 11.8. The van der Waals surface area contributed by atoms with E-state index in [0.717, 1.165) is 39.0 Å². The molecule has 2 saturated heterocycles. The van der Waals surface area contributed by atoms with Gasteiger partial charge in [0.1, 0.15) is 0 Å². The molecule has 1 aromatic rings. The Balaban J connectivity index is 1.71. The van der Waals surface area contributed by atoms with Gasteiger partial charge in [-0.3, -0.25) is 4.90 Å². The Labute approximate surface area is 133 Å². The van der Waals surface area contributed by atoms with E-state index in [1.165, 1.54) is 11.1 Å². The zero-order valence-corrected chi connectivity index (χ0v) is 14.0. The van der Waals surface area contributed by atoms with Crippen LogP contribution in [0.5, 0.6) is 0 Å². The molecular formula is C17H25NO3S. The van der Waals surface area contributed by atoms with Crippen molar-refractivity contribution < 1.29 is 13.2 Å². The molecule has 22 heavy (non-hydrogen) atoms. The van der Waals surface area contributed by atoms with E-state index >= 15 is 0 Å². The number of sulfone groups is 1. The molecule has 2 heterocycles. The van der Waals surface area contributed by atoms with Crippen LogP contribution in [0, 0.1) is 6.92 Å². The number of rotatable bonds is 5. The first-order chi connectivity index (χ1) is 10.5. The number of hydrogen-bond acceptors (Lipinski definition) is 4. The van der Waals surface area contributed by atoms with E-state index in [0.29, 0.717) is 11.5 Å². The van der Waals surface area contributed by atoms with Crippen LogP contribution in [0.1, 0.15) is 30.4 Å². The van der Waals surface area contributed by atoms with Gasteiger partial charge >= 0.3 is 0 Å². The summed E-state index contributed by atoms with van der Waals surface area (Å²) >= 11 is 0. The van der Waals surface area contributed by atoms with Gasteiger partial charge in [-0.05, 0) is 31.7 Å². The Morgan fingerprint density at radius 1 is 1.23 bits per heavy atom. The van der Waals surface area contributed by atoms with Crippen molar-refractivity contribution in [1.82, 2.24) is 4.90 Å². The molecule has 1 aromatic carbocycles. The zero-order valence-electron chi connectivity index (χ0n) is 13.2. The van der Waals surface area contributed by atoms with Crippen LogP contribution in [-0.4, -0.2) is 50.1 Å². The highest BCUT2D eigenvalue weighted by atomic mass is 32.2. The van der Waals surface area contributed by atoms with Crippen LogP contribution in [0.3, 0.4) is 0 Å². The molecule has 2 aliphatic rings. The van der Waals surface area contributed by atoms with Crippen molar-refractivity contribution in [3.05, 3.63) is 35.4 Å². The number of hydrogen-bond donors (Lipinski definition) is 0. The Morgan fingerprint density at radius 3 is 2.59 bits per heavy atom. The number of ether oxygens (including phenoxy) is 1. The Hall–Kier alpha value is -0.910. The van der Waals surface area contributed by atoms with E-state index in [-0.39, 0.29) is 12.1 Å². The molecular weight excluding hydrogens is 298 g/mol. The van der Waals surface area contributed by atoms with Crippen LogP contribution < -0.4 is 0 Å². The summed E-state index contributed by atoms with van der Waals surface area (Å²) < 4.78 is 29.4. The third-order valence-corrected chi connectivity index (χ3v) is 6.44. The molecule has 0 bridgehead atoms. The largest absolute Gasteiger partial charge is 0.377 e. The molecule has 2 fully saturated rings. The van der Waals surface area contributed by atoms with Crippen molar-refractivity contribution in [2.75, 3.05) is 24.7 Å². The molecule has 0 saturated carbocycles. The van der Waals surface area contributed by atoms with Gasteiger partial charge in [-0.2, -0.15) is 0 Å². The van der Waals surface area contributed by atoms with Gasteiger partial charge < -0.3 is 4.74 Å². The fourth-order valence-corrected chi connectivity index (χ4v) is 5.15. The number of aryl methyl sites for hydroxylation is 1. The molecule has 2 atom stereocenters. The van der Waals surface area contributed by atoms with Gasteiger partial charge in [0, 0.05) is 25.7 Å². The summed E-state index contributed by atoms with van der Waals surface area (Å²) in [7, 11) is -2.86. The summed E-state index contributed by atoms with van der Waals surface area (Å²) in [5.41, 5.74) is 2.49. The van der Waals surface area contributed by atoms with E-state index in [9.17, 15) is 8.42 Å². The molecule has 0 aliphatic carbocycles. The fourth-order valence-electron chi connectivity index (χ4n) is 3.38. The van der Waals surface area contributed by atoms with Gasteiger partial charge in [0.15, 0.2) is 9.84 Å². The van der Waals surface area contributed by atoms with E-state index in [1.807, 2.05) is 0 Å². The molecule has 0 radical (unpaired) electrons. The molecule has 122 valence electrons. The normalized spacial score (nSPS) is 27.5. The van der Waals surface area contributed by atoms with Crippen LogP contribution in [0.4, 0.5) is 0 Å². The lowest BCUT2D eigenvalue weighted by atomic mass is 10.1. The minimum atomic E-state index is -2.86. The summed E-state index contributed by atoms with van der Waals surface area (Å²) in [4.78, 5) is 2.32. The highest BCUT2D eigenvalue weighted by Crippen LogP contribution is 2.23. The van der Waals surface area contributed by atoms with Crippen molar-refractivity contribution in [2.45, 2.75) is 44.9 Å². The van der Waals surface area contributed by atoms with Crippen molar-refractivity contribution >= 4 is 9.84 Å². The van der Waals surface area contributed by atoms with E-state index in [4.69, 9.17) is 4.74 Å². The Morgan fingerprint density at radius 2 is 2.00 bits per heavy atom. The lowest BCUT2D eigenvalue weighted by Crippen LogP contribution is -2.40. The first kappa shape index (κ1) is 16.0. The number of nitrogens with zero attached hydrogens (tertiary/aromatic N) is 1. The maximum Gasteiger partial charge on any atom is 0.151 e. The summed E-state index contributed by atoms with van der Waals surface area (Å²) in [5.74, 6) is 0.624. The molecule has 0 unspecified atom stereocenters. The Bertz CT molecular complexity index is 591. The second kappa shape index (κ2) is 6.69. The SMILES string of the molecule is Cc1ccc(CN(C[C@H]2CCCO2)[C@H]2CCS(=O)(=O)C2)cc1. The molecule has 4 nitrogen and oxygen atoms in total. The van der Waals surface area contributed by atoms with Crippen molar-refractivity contribution in [3.8, 4) is 0 Å². The number of benzene rings is 1. The van der Waals surface area contributed by atoms with Gasteiger partial charge in [-0.15, -0.1) is 0 Å². The van der Waals surface area contributed by atoms with Crippen LogP contribution in [0.2, 0.25) is 0 Å². The topological polar surface area (TPSA) is 46.6 Å². The summed E-state index contributed by atoms with van der Waals surface area (Å²) in [6, 6.07) is 8.65. The van der Waals surface area contributed by atoms with Gasteiger partial charge in [-0.1, -0.05) is 29.8 Å². The third kappa shape index (κ3) is 4.09. The molecule has 0 amide bonds. The van der Waals surface area contributed by atoms with Crippen LogP contribution in [0.15, 0.2) is 24.3 Å². The molecule has 3 rings (SSSR count). The minimum absolute atomic E-state index is 0.135. The van der Waals surface area contributed by atoms with E-state index < -0.39 is 9.84 Å².